The second kappa shape index (κ2) is 52.8. The number of carboxylic acids is 1. The summed E-state index contributed by atoms with van der Waals surface area (Å²) >= 11 is 32.7. The number of allylic oxidation sites excluding steroid dienone is 3. The number of carbonyl (C=O) groups is 8. The molecule has 44 heteroatoms. The molecule has 0 radical (unpaired) electrons. The lowest BCUT2D eigenvalue weighted by atomic mass is 9.83. The topological polar surface area (TPSA) is 439 Å². The van der Waals surface area contributed by atoms with Gasteiger partial charge in [0.2, 0.25) is 6.08 Å². The lowest BCUT2D eigenvalue weighted by Crippen LogP contribution is -2.45. The molecule has 4 amide bonds. The molecular weight excluding hydrogens is 1960 g/mol. The van der Waals surface area contributed by atoms with Gasteiger partial charge < -0.3 is 81.8 Å². The first-order valence-electron chi connectivity index (χ1n) is 43.6. The van der Waals surface area contributed by atoms with Crippen LogP contribution in [0.1, 0.15) is 102 Å². The highest BCUT2D eigenvalue weighted by Gasteiger charge is 2.45. The van der Waals surface area contributed by atoms with Crippen molar-refractivity contribution in [1.82, 2.24) is 39.4 Å². The van der Waals surface area contributed by atoms with Gasteiger partial charge in [-0.25, -0.2) is 36.7 Å². The molecule has 5 saturated heterocycles. The van der Waals surface area contributed by atoms with Crippen molar-refractivity contribution in [1.29, 1.82) is 0 Å². The molecule has 30 nitrogen and oxygen atoms in total. The number of carbonyl (C=O) groups excluding carboxylic acids is 8. The van der Waals surface area contributed by atoms with Gasteiger partial charge in [-0.2, -0.15) is 4.99 Å². The minimum absolute atomic E-state index is 0. The third-order valence-electron chi connectivity index (χ3n) is 23.2. The van der Waals surface area contributed by atoms with E-state index in [-0.39, 0.29) is 75.1 Å². The van der Waals surface area contributed by atoms with Crippen molar-refractivity contribution in [2.45, 2.75) is 147 Å². The second-order valence-corrected chi connectivity index (χ2v) is 35.5. The largest absolute Gasteiger partial charge is 0.480 e. The molecule has 8 aliphatic heterocycles. The number of urea groups is 1. The summed E-state index contributed by atoms with van der Waals surface area (Å²) in [5.74, 6) is -2.13. The number of amides is 4. The molecule has 17 rings (SSSR count). The van der Waals surface area contributed by atoms with Crippen LogP contribution in [0.4, 0.5) is 43.3 Å². The van der Waals surface area contributed by atoms with Gasteiger partial charge in [0.25, 0.3) is 0 Å². The third kappa shape index (κ3) is 30.2. The number of fused-ring (bicyclic) bond motifs is 2. The first kappa shape index (κ1) is 111. The van der Waals surface area contributed by atoms with E-state index in [1.165, 1.54) is 57.7 Å². The highest BCUT2D eigenvalue weighted by atomic mass is 79.9. The fourth-order valence-electron chi connectivity index (χ4n) is 16.8. The summed E-state index contributed by atoms with van der Waals surface area (Å²) in [6.07, 6.45) is 11.1. The number of benzene rings is 7. The van der Waals surface area contributed by atoms with E-state index in [1.807, 2.05) is 114 Å². The Morgan fingerprint density at radius 2 is 0.906 bits per heavy atom. The number of primary amides is 2. The third-order valence-corrected chi connectivity index (χ3v) is 24.9. The zero-order valence-corrected chi connectivity index (χ0v) is 81.2. The lowest BCUT2D eigenvalue weighted by molar-refractivity contribution is -0.146. The van der Waals surface area contributed by atoms with Crippen molar-refractivity contribution in [2.24, 2.45) is 31.4 Å². The Morgan fingerprint density at radius 3 is 1.31 bits per heavy atom. The Balaban J connectivity index is 0.000000184. The van der Waals surface area contributed by atoms with Crippen LogP contribution in [-0.4, -0.2) is 257 Å². The number of anilines is 1. The van der Waals surface area contributed by atoms with Gasteiger partial charge in [-0.3, -0.25) is 43.3 Å². The molecule has 0 aliphatic carbocycles. The Bertz CT molecular complexity index is 5960. The molecule has 1 unspecified atom stereocenters. The molecule has 9 atom stereocenters. The van der Waals surface area contributed by atoms with E-state index < -0.39 is 101 Å². The SMILES string of the molecule is CB(O)N1C[C@H](F)C[C@H]1C(=O)O.CB(O)N1C[C@H](F)C[C@H]1C(=O)OCC(=O)c1cccc(Cl)c1.CB(O)N1C[C@H](F)C[C@H]1C1=NC=C(c2cccc(Cl)c2)C1.CB(O)N1C[C@H](F)C[C@H]1C1=NC=C(c2cccc(Cl)c2)C1.CC=O.N.NC(=O)n1cc(N=C=O)c2ccccc21.NC(=O)n1cc(NC(=O)N2CCCC2C2=NC=C(c3cccc(Cl)c3)C2)c2ccccc21.O=C(CBr)c1cccc(Cl)c1. The Labute approximate surface area is 829 Å². The van der Waals surface area contributed by atoms with Crippen LogP contribution in [0, 0.1) is 0 Å². The molecule has 138 heavy (non-hydrogen) atoms. The van der Waals surface area contributed by atoms with E-state index in [1.54, 1.807) is 102 Å². The van der Waals surface area contributed by atoms with E-state index in [2.05, 4.69) is 41.2 Å². The number of halogens is 10. The van der Waals surface area contributed by atoms with Gasteiger partial charge in [0, 0.05) is 172 Å². The maximum Gasteiger partial charge on any atom is 0.377 e. The molecule has 726 valence electrons. The predicted octanol–water partition coefficient (Wildman–Crippen LogP) is 17.2. The van der Waals surface area contributed by atoms with Crippen molar-refractivity contribution in [2.75, 3.05) is 50.0 Å². The number of esters is 1. The molecule has 0 saturated carbocycles. The number of alkyl halides is 5. The number of ketones is 2. The van der Waals surface area contributed by atoms with Gasteiger partial charge in [-0.1, -0.05) is 171 Å². The van der Waals surface area contributed by atoms with Crippen molar-refractivity contribution in [3.8, 4) is 0 Å². The summed E-state index contributed by atoms with van der Waals surface area (Å²) in [5.41, 5.74) is 23.1. The molecule has 13 N–H and O–H groups in total. The predicted molar refractivity (Wildman–Crippen MR) is 541 cm³/mol. The number of hydrogen-bond acceptors (Lipinski definition) is 23. The molecule has 2 aromatic heterocycles. The van der Waals surface area contributed by atoms with Crippen LogP contribution in [-0.2, 0) is 23.9 Å². The maximum absolute atomic E-state index is 13.7. The number of Topliss-reactive ketones (excluding diaryl/α,β-unsaturated/α-hetero) is 2. The molecule has 0 bridgehead atoms. The van der Waals surface area contributed by atoms with Crippen LogP contribution in [0.25, 0.3) is 38.5 Å². The van der Waals surface area contributed by atoms with E-state index in [0.717, 1.165) is 75.1 Å². The number of nitrogens with one attached hydrogen (secondary N) is 1. The van der Waals surface area contributed by atoms with Gasteiger partial charge in [0.05, 0.1) is 28.1 Å². The number of isocyanates is 1. The maximum atomic E-state index is 13.7. The molecule has 5 fully saturated rings. The lowest BCUT2D eigenvalue weighted by Gasteiger charge is -2.25. The molecule has 8 aliphatic rings. The summed E-state index contributed by atoms with van der Waals surface area (Å²) in [6, 6.07) is 47.1. The summed E-state index contributed by atoms with van der Waals surface area (Å²) in [6.45, 7) is 8.41. The van der Waals surface area contributed by atoms with E-state index in [9.17, 15) is 71.0 Å². The number of aliphatic carboxylic acids is 1. The minimum Gasteiger partial charge on any atom is -0.480 e. The van der Waals surface area contributed by atoms with Crippen LogP contribution >= 0.6 is 73.9 Å². The fraction of sp³-hybridized carbons (Fsp3) is 0.319. The Kier molecular flexibility index (Phi) is 42.3. The van der Waals surface area contributed by atoms with Crippen LogP contribution in [0.5, 0.6) is 0 Å². The number of aliphatic imine (C=N–C) groups is 4. The van der Waals surface area contributed by atoms with Crippen molar-refractivity contribution < 1.29 is 90.7 Å². The summed E-state index contributed by atoms with van der Waals surface area (Å²) in [4.78, 5) is 126. The number of para-hydroxylation sites is 2. The molecule has 10 heterocycles. The second-order valence-electron chi connectivity index (χ2n) is 32.8. The Hall–Kier alpha value is -11.1. The number of nitrogens with two attached hydrogens (primary N) is 2. The van der Waals surface area contributed by atoms with Crippen molar-refractivity contribution in [3.63, 3.8) is 0 Å². The zero-order chi connectivity index (χ0) is 99.6. The molecule has 0 spiro atoms. The van der Waals surface area contributed by atoms with Crippen molar-refractivity contribution >= 4 is 223 Å². The number of hydrogen-bond donors (Lipinski definition) is 9. The molecule has 9 aromatic rings. The number of rotatable bonds is 19. The number of aromatic nitrogens is 2. The van der Waals surface area contributed by atoms with Gasteiger partial charge in [0.1, 0.15) is 48.7 Å². The van der Waals surface area contributed by atoms with Crippen molar-refractivity contribution in [3.05, 3.63) is 254 Å². The van der Waals surface area contributed by atoms with Gasteiger partial charge in [-0.15, -0.1) is 0 Å². The van der Waals surface area contributed by atoms with E-state index >= 15 is 0 Å². The van der Waals surface area contributed by atoms with E-state index in [4.69, 9.17) is 89.1 Å². The number of aldehydes is 1. The zero-order valence-electron chi connectivity index (χ0n) is 75.8. The van der Waals surface area contributed by atoms with Crippen LogP contribution in [0.15, 0.2) is 221 Å². The quantitative estimate of drug-likeness (QED) is 0.00530. The Morgan fingerprint density at radius 1 is 0.529 bits per heavy atom. The van der Waals surface area contributed by atoms with Gasteiger partial charge in [-0.05, 0) is 166 Å². The van der Waals surface area contributed by atoms with Gasteiger partial charge >= 0.3 is 58.2 Å². The number of nitrogens with zero attached hydrogens (tertiary/aromatic N) is 11. The van der Waals surface area contributed by atoms with Crippen LogP contribution in [0.2, 0.25) is 52.4 Å². The summed E-state index contributed by atoms with van der Waals surface area (Å²) < 4.78 is 61.0. The smallest absolute Gasteiger partial charge is 0.377 e. The fourth-order valence-corrected chi connectivity index (χ4v) is 18.0. The molecular formula is C94H103B4BrCl5F4N15O15. The number of likely N-dealkylation sites (tertiary alicyclic amines) is 1. The highest BCUT2D eigenvalue weighted by molar-refractivity contribution is 9.09. The summed E-state index contributed by atoms with van der Waals surface area (Å²) in [7, 11) is -3.17. The normalized spacial score (nSPS) is 20.1. The van der Waals surface area contributed by atoms with E-state index in [0.29, 0.717) is 108 Å². The van der Waals surface area contributed by atoms with Crippen LogP contribution < -0.4 is 22.9 Å². The highest BCUT2D eigenvalue weighted by Crippen LogP contribution is 2.38. The summed E-state index contributed by atoms with van der Waals surface area (Å²) in [5, 5.41) is 54.7. The number of ether oxygens (including phenoxy) is 1. The number of carboxylic acid groups (broad SMARTS) is 1. The first-order valence-corrected chi connectivity index (χ1v) is 46.6. The average Bonchev–Trinajstić information content (AvgIpc) is 1.64. The minimum atomic E-state index is -1.20. The standard InChI is InChI=1S/C24H22ClN5O2.2C15H17BClFN2O.C14H16BClFNO4.C10H7N3O2.C8H6BrClO.C6H11BFNO3.C2H4O.H3N/c25-17-6-3-5-15(11-17)16-12-19(27-13-16)22-9-4-10-29(22)24(32)28-20-14-30(23(26)31)21-8-2-1-7-18(20)21;2*1-16(21)20-9-13(18)7-15(20)14-6-11(8-19-14)10-3-2-4-12(17)5-10;1-15(21)18-7-11(17)6-12(18)14(20)22-8-13(19)9-3-2-4-10(16)5-9;11-10(15)13-5-8(12-6-14)7-3-1-2-4-9(7)13;9-5-8(11)6-2-1-3-7(10)4-6;1-7(12)9-3-4(8)2-5(9)6(10)11;1-2-3;/h1-3,5-8,11,13-14,22H,4,9-10,12H2,(H2,26,31)(H,28,32);2*2-5,8,13,15,21H,6-7,9H2,1H3;2-5,11-12,21H,6-8H2,1H3;1-5H,(H2,11,15);1-4H,5H2;4-5,12H,2-3H2,1H3,(H,10,11);2H,1H3;1H3/t;2*13-,15+;11-,12+;;;4-,5+;;/m.111..1../s1. The average molecular weight is 2060 g/mol. The van der Waals surface area contributed by atoms with Crippen LogP contribution in [0.3, 0.4) is 0 Å². The van der Waals surface area contributed by atoms with Gasteiger partial charge in [0.15, 0.2) is 18.2 Å². The first-order chi connectivity index (χ1) is 65.4. The monoisotopic (exact) mass is 2060 g/mol. The molecule has 7 aromatic carbocycles.